The molecule has 5 heteroatoms. The highest BCUT2D eigenvalue weighted by Crippen LogP contribution is 2.10. The summed E-state index contributed by atoms with van der Waals surface area (Å²) in [6.45, 7) is 9.66. The van der Waals surface area contributed by atoms with Gasteiger partial charge in [0.05, 0.1) is 19.2 Å². The van der Waals surface area contributed by atoms with Gasteiger partial charge in [-0.05, 0) is 20.8 Å². The summed E-state index contributed by atoms with van der Waals surface area (Å²) in [6.07, 6.45) is 6.11. The van der Waals surface area contributed by atoms with Gasteiger partial charge < -0.3 is 20.6 Å². The third kappa shape index (κ3) is 10.6. The number of nitrogens with two attached hydrogens (primary N) is 1. The van der Waals surface area contributed by atoms with Crippen LogP contribution in [-0.4, -0.2) is 26.3 Å². The number of nitrogens with zero attached hydrogens (tertiary/aromatic N) is 1. The maximum Gasteiger partial charge on any atom is 0.221 e. The van der Waals surface area contributed by atoms with Crippen LogP contribution in [0.15, 0.2) is 40.9 Å². The van der Waals surface area contributed by atoms with Crippen LogP contribution in [0.1, 0.15) is 20.8 Å². The predicted octanol–water partition coefficient (Wildman–Crippen LogP) is 2.61. The molecule has 0 rings (SSSR count). The van der Waals surface area contributed by atoms with Crippen molar-refractivity contribution in [3.05, 3.63) is 35.9 Å². The summed E-state index contributed by atoms with van der Waals surface area (Å²) in [5.41, 5.74) is 5.92. The number of hydrogen-bond donors (Lipinski definition) is 2. The number of rotatable bonds is 6. The average Bonchev–Trinajstić information content (AvgIpc) is 2.38. The zero-order chi connectivity index (χ0) is 14.4. The highest BCUT2D eigenvalue weighted by atomic mass is 16.5. The first-order chi connectivity index (χ1) is 8.56. The molecule has 3 N–H and O–H groups in total. The van der Waals surface area contributed by atoms with E-state index in [4.69, 9.17) is 20.6 Å². The smallest absolute Gasteiger partial charge is 0.221 e. The van der Waals surface area contributed by atoms with Crippen LogP contribution in [0.2, 0.25) is 0 Å². The highest BCUT2D eigenvalue weighted by molar-refractivity contribution is 5.72. The Balaban J connectivity index is 0. The predicted molar refractivity (Wildman–Crippen MR) is 76.8 cm³/mol. The third-order valence-electron chi connectivity index (χ3n) is 1.64. The van der Waals surface area contributed by atoms with Crippen LogP contribution < -0.4 is 5.73 Å². The van der Waals surface area contributed by atoms with Crippen LogP contribution in [0.3, 0.4) is 0 Å². The fourth-order valence-electron chi connectivity index (χ4n) is 0.723. The first kappa shape index (κ1) is 18.5. The second-order valence-corrected chi connectivity index (χ2v) is 3.18. The third-order valence-corrected chi connectivity index (χ3v) is 1.64. The molecule has 0 amide bonds. The SMILES string of the molecule is C/C=C\C.C=C(C=N)OC(/N=C\N)=C(\C)COC. The van der Waals surface area contributed by atoms with E-state index < -0.39 is 0 Å². The molecule has 0 fully saturated rings. The van der Waals surface area contributed by atoms with Crippen LogP contribution in [0, 0.1) is 5.41 Å². The van der Waals surface area contributed by atoms with Gasteiger partial charge in [-0.1, -0.05) is 18.7 Å². The molecule has 0 unspecified atom stereocenters. The molecule has 0 bridgehead atoms. The fourth-order valence-corrected chi connectivity index (χ4v) is 0.723. The summed E-state index contributed by atoms with van der Waals surface area (Å²) in [5.74, 6) is 0.504. The van der Waals surface area contributed by atoms with Gasteiger partial charge in [-0.15, -0.1) is 0 Å². The molecule has 0 aromatic carbocycles. The zero-order valence-corrected chi connectivity index (χ0v) is 11.6. The van der Waals surface area contributed by atoms with Gasteiger partial charge >= 0.3 is 0 Å². The number of aliphatic imine (C=N–C) groups is 1. The minimum atomic E-state index is 0.195. The Morgan fingerprint density at radius 3 is 2.28 bits per heavy atom. The first-order valence-corrected chi connectivity index (χ1v) is 5.44. The molecule has 0 radical (unpaired) electrons. The summed E-state index contributed by atoms with van der Waals surface area (Å²) in [4.78, 5) is 3.80. The van der Waals surface area contributed by atoms with Gasteiger partial charge in [0.15, 0.2) is 0 Å². The Labute approximate surface area is 109 Å². The largest absolute Gasteiger partial charge is 0.438 e. The number of methoxy groups -OCH3 is 1. The summed E-state index contributed by atoms with van der Waals surface area (Å²) in [6, 6.07) is 0. The lowest BCUT2D eigenvalue weighted by Crippen LogP contribution is -2.01. The molecule has 0 aromatic rings. The van der Waals surface area contributed by atoms with Crippen molar-refractivity contribution in [3.63, 3.8) is 0 Å². The Morgan fingerprint density at radius 2 is 1.94 bits per heavy atom. The Kier molecular flexibility index (Phi) is 13.5. The molecule has 0 spiro atoms. The van der Waals surface area contributed by atoms with Crippen molar-refractivity contribution in [2.24, 2.45) is 10.7 Å². The first-order valence-electron chi connectivity index (χ1n) is 5.44. The number of allylic oxidation sites excluding steroid dienone is 3. The van der Waals surface area contributed by atoms with E-state index in [-0.39, 0.29) is 5.76 Å². The van der Waals surface area contributed by atoms with E-state index in [9.17, 15) is 0 Å². The molecule has 5 nitrogen and oxygen atoms in total. The van der Waals surface area contributed by atoms with Crippen molar-refractivity contribution in [2.45, 2.75) is 20.8 Å². The Hall–Kier alpha value is -1.88. The van der Waals surface area contributed by atoms with Gasteiger partial charge in [0.25, 0.3) is 0 Å². The van der Waals surface area contributed by atoms with E-state index in [1.165, 1.54) is 0 Å². The molecule has 0 saturated heterocycles. The Morgan fingerprint density at radius 1 is 1.39 bits per heavy atom. The van der Waals surface area contributed by atoms with Crippen LogP contribution in [-0.2, 0) is 9.47 Å². The van der Waals surface area contributed by atoms with E-state index in [0.29, 0.717) is 12.5 Å². The van der Waals surface area contributed by atoms with Gasteiger partial charge in [-0.3, -0.25) is 0 Å². The lowest BCUT2D eigenvalue weighted by molar-refractivity contribution is 0.216. The van der Waals surface area contributed by atoms with E-state index in [0.717, 1.165) is 18.1 Å². The van der Waals surface area contributed by atoms with E-state index >= 15 is 0 Å². The van der Waals surface area contributed by atoms with Crippen LogP contribution >= 0.6 is 0 Å². The van der Waals surface area contributed by atoms with Crippen molar-refractivity contribution in [2.75, 3.05) is 13.7 Å². The van der Waals surface area contributed by atoms with Crippen molar-refractivity contribution < 1.29 is 9.47 Å². The molecule has 0 aliphatic heterocycles. The molecule has 0 aromatic heterocycles. The minimum Gasteiger partial charge on any atom is -0.438 e. The van der Waals surface area contributed by atoms with Gasteiger partial charge in [0.2, 0.25) is 5.88 Å². The standard InChI is InChI=1S/C9H15N3O2.C4H8/c1-7(5-13-3)9(12-6-11)14-8(2)4-10;1-3-4-2/h4,6,10H,2,5H2,1,3H3,(H2,11,12);3-4H,1-2H3/b9-7+,10-4?;4-3-. The molecule has 102 valence electrons. The highest BCUT2D eigenvalue weighted by Gasteiger charge is 2.03. The number of hydrogen-bond acceptors (Lipinski definition) is 4. The van der Waals surface area contributed by atoms with Crippen LogP contribution in [0.25, 0.3) is 0 Å². The summed E-state index contributed by atoms with van der Waals surface area (Å²) in [5, 5.41) is 6.89. The van der Waals surface area contributed by atoms with E-state index in [1.54, 1.807) is 14.0 Å². The molecule has 0 aliphatic rings. The van der Waals surface area contributed by atoms with Gasteiger partial charge in [-0.25, -0.2) is 4.99 Å². The second kappa shape index (κ2) is 13.2. The molecule has 0 aliphatic carbocycles. The number of nitrogens with one attached hydrogen (secondary N) is 1. The average molecular weight is 253 g/mol. The minimum absolute atomic E-state index is 0.195. The quantitative estimate of drug-likeness (QED) is 0.330. The van der Waals surface area contributed by atoms with Gasteiger partial charge in [0, 0.05) is 12.7 Å². The molecule has 0 atom stereocenters. The normalized spacial score (nSPS) is 11.8. The zero-order valence-electron chi connectivity index (χ0n) is 11.6. The summed E-state index contributed by atoms with van der Waals surface area (Å²) < 4.78 is 10.0. The topological polar surface area (TPSA) is 80.7 Å². The Bertz CT molecular complexity index is 327. The monoisotopic (exact) mass is 253 g/mol. The van der Waals surface area contributed by atoms with Crippen LogP contribution in [0.5, 0.6) is 0 Å². The van der Waals surface area contributed by atoms with Gasteiger partial charge in [-0.2, -0.15) is 0 Å². The van der Waals surface area contributed by atoms with Gasteiger partial charge in [0.1, 0.15) is 5.76 Å². The van der Waals surface area contributed by atoms with Crippen molar-refractivity contribution in [1.29, 1.82) is 5.41 Å². The molecular weight excluding hydrogens is 230 g/mol. The molecule has 0 saturated carbocycles. The van der Waals surface area contributed by atoms with Crippen molar-refractivity contribution in [3.8, 4) is 0 Å². The lowest BCUT2D eigenvalue weighted by atomic mass is 10.3. The fraction of sp³-hybridized carbons (Fsp3) is 0.385. The molecule has 18 heavy (non-hydrogen) atoms. The number of ether oxygens (including phenoxy) is 2. The molecule has 0 heterocycles. The summed E-state index contributed by atoms with van der Waals surface area (Å²) >= 11 is 0. The second-order valence-electron chi connectivity index (χ2n) is 3.18. The lowest BCUT2D eigenvalue weighted by Gasteiger charge is -2.08. The summed E-state index contributed by atoms with van der Waals surface area (Å²) in [7, 11) is 1.57. The maximum atomic E-state index is 6.89. The van der Waals surface area contributed by atoms with E-state index in [1.807, 2.05) is 26.0 Å². The van der Waals surface area contributed by atoms with E-state index in [2.05, 4.69) is 11.6 Å². The molecular formula is C13H23N3O2. The van der Waals surface area contributed by atoms with Crippen molar-refractivity contribution >= 4 is 12.6 Å². The maximum absolute atomic E-state index is 6.89. The van der Waals surface area contributed by atoms with Crippen LogP contribution in [0.4, 0.5) is 0 Å². The van der Waals surface area contributed by atoms with Crippen molar-refractivity contribution in [1.82, 2.24) is 0 Å².